The molecule has 5 aromatic rings. The van der Waals surface area contributed by atoms with Crippen molar-refractivity contribution >= 4 is 25.7 Å². The molecule has 1 aliphatic rings. The summed E-state index contributed by atoms with van der Waals surface area (Å²) >= 11 is 5.65. The maximum Gasteiger partial charge on any atom is 0.330 e. The average Bonchev–Trinajstić information content (AvgIpc) is 3.66. The number of hydrogen-bond acceptors (Lipinski definition) is 10. The van der Waals surface area contributed by atoms with Crippen LogP contribution >= 0.6 is 20.7 Å². The molecule has 0 saturated carbocycles. The summed E-state index contributed by atoms with van der Waals surface area (Å²) in [6.45, 7) is 10.9. The Balaban J connectivity index is 1.37. The van der Waals surface area contributed by atoms with E-state index >= 15 is 0 Å². The fraction of sp³-hybridized carbons (Fsp3) is 0.370. The minimum Gasteiger partial charge on any atom is -0.497 e. The molecule has 60 heavy (non-hydrogen) atoms. The SMILES string of the molecule is COc1ccc(C(OC[C@H]2O[C@@H](n3cc(C)c(=O)[nH]c3=O)C[C@@H]2OP(OCCNC(=S)c2ccccc2)N(C(C)C)C(C)C)(c2ccccc2)c2ccc(OC)cc2)cc1. The topological polar surface area (TPSA) is 126 Å². The van der Waals surface area contributed by atoms with E-state index in [1.165, 1.54) is 10.8 Å². The van der Waals surface area contributed by atoms with E-state index in [2.05, 4.69) is 42.7 Å². The zero-order chi connectivity index (χ0) is 42.8. The highest BCUT2D eigenvalue weighted by atomic mass is 32.1. The van der Waals surface area contributed by atoms with E-state index in [0.29, 0.717) is 35.2 Å². The first-order chi connectivity index (χ1) is 28.9. The number of aromatic nitrogens is 2. The number of nitrogens with one attached hydrogen (secondary N) is 2. The lowest BCUT2D eigenvalue weighted by atomic mass is 9.80. The van der Waals surface area contributed by atoms with Crippen LogP contribution in [0.1, 0.15) is 68.2 Å². The molecule has 1 unspecified atom stereocenters. The Kier molecular flexibility index (Phi) is 15.5. The summed E-state index contributed by atoms with van der Waals surface area (Å²) in [5.74, 6) is 1.41. The largest absolute Gasteiger partial charge is 0.497 e. The molecule has 2 N–H and O–H groups in total. The van der Waals surface area contributed by atoms with E-state index in [4.69, 9.17) is 40.2 Å². The lowest BCUT2D eigenvalue weighted by molar-refractivity contribution is -0.0926. The van der Waals surface area contributed by atoms with Crippen LogP contribution in [-0.2, 0) is 24.1 Å². The van der Waals surface area contributed by atoms with E-state index in [1.807, 2.05) is 109 Å². The second-order valence-electron chi connectivity index (χ2n) is 15.1. The minimum atomic E-state index is -1.67. The van der Waals surface area contributed by atoms with E-state index in [-0.39, 0.29) is 25.1 Å². The van der Waals surface area contributed by atoms with Gasteiger partial charge in [0.2, 0.25) is 0 Å². The quantitative estimate of drug-likeness (QED) is 0.0365. The van der Waals surface area contributed by atoms with E-state index < -0.39 is 43.8 Å². The monoisotopic (exact) mass is 854 g/mol. The zero-order valence-electron chi connectivity index (χ0n) is 35.2. The number of aryl methyl sites for hydroxylation is 1. The van der Waals surface area contributed by atoms with E-state index in [0.717, 1.165) is 22.3 Å². The number of aromatic amines is 1. The Morgan fingerprint density at radius 3 is 1.97 bits per heavy atom. The number of benzene rings is 4. The van der Waals surface area contributed by atoms with Gasteiger partial charge in [-0.05, 0) is 75.6 Å². The Morgan fingerprint density at radius 1 is 0.867 bits per heavy atom. The van der Waals surface area contributed by atoms with Crippen LogP contribution in [0, 0.1) is 6.92 Å². The van der Waals surface area contributed by atoms with Crippen molar-refractivity contribution in [2.24, 2.45) is 0 Å². The molecule has 12 nitrogen and oxygen atoms in total. The Labute approximate surface area is 358 Å². The number of methoxy groups -OCH3 is 2. The third-order valence-corrected chi connectivity index (χ3v) is 12.9. The van der Waals surface area contributed by atoms with Gasteiger partial charge in [0.15, 0.2) is 0 Å². The lowest BCUT2D eigenvalue weighted by Gasteiger charge is -2.39. The maximum atomic E-state index is 13.3. The van der Waals surface area contributed by atoms with Crippen molar-refractivity contribution in [3.05, 3.63) is 164 Å². The zero-order valence-corrected chi connectivity index (χ0v) is 36.9. The van der Waals surface area contributed by atoms with Crippen LogP contribution in [0.15, 0.2) is 125 Å². The summed E-state index contributed by atoms with van der Waals surface area (Å²) < 4.78 is 42.5. The summed E-state index contributed by atoms with van der Waals surface area (Å²) in [5, 5.41) is 3.31. The maximum absolute atomic E-state index is 13.3. The molecule has 1 saturated heterocycles. The highest BCUT2D eigenvalue weighted by molar-refractivity contribution is 7.80. The van der Waals surface area contributed by atoms with Gasteiger partial charge < -0.3 is 33.3 Å². The number of ether oxygens (including phenoxy) is 4. The highest BCUT2D eigenvalue weighted by Crippen LogP contribution is 2.50. The molecule has 0 aliphatic carbocycles. The molecule has 4 atom stereocenters. The van der Waals surface area contributed by atoms with Crippen LogP contribution in [0.5, 0.6) is 11.5 Å². The van der Waals surface area contributed by atoms with Crippen LogP contribution in [-0.4, -0.2) is 77.5 Å². The summed E-state index contributed by atoms with van der Waals surface area (Å²) in [5.41, 5.74) is 1.76. The molecule has 1 fully saturated rings. The van der Waals surface area contributed by atoms with E-state index in [9.17, 15) is 9.59 Å². The first-order valence-electron chi connectivity index (χ1n) is 20.1. The van der Waals surface area contributed by atoms with Crippen molar-refractivity contribution in [1.29, 1.82) is 0 Å². The third kappa shape index (κ3) is 10.4. The van der Waals surface area contributed by atoms with Crippen LogP contribution in [0.3, 0.4) is 0 Å². The fourth-order valence-electron chi connectivity index (χ4n) is 7.43. The molecule has 14 heteroatoms. The number of rotatable bonds is 19. The molecular formula is C46H55N4O8PS. The Morgan fingerprint density at radius 2 is 1.42 bits per heavy atom. The van der Waals surface area contributed by atoms with Gasteiger partial charge in [-0.15, -0.1) is 0 Å². The normalized spacial score (nSPS) is 17.3. The molecule has 0 radical (unpaired) electrons. The summed E-state index contributed by atoms with van der Waals surface area (Å²) in [7, 11) is 1.60. The molecule has 1 aliphatic heterocycles. The van der Waals surface area contributed by atoms with Gasteiger partial charge in [-0.1, -0.05) is 97.1 Å². The van der Waals surface area contributed by atoms with Gasteiger partial charge in [0, 0.05) is 42.4 Å². The Hall–Kier alpha value is -4.72. The van der Waals surface area contributed by atoms with Gasteiger partial charge in [0.1, 0.15) is 34.4 Å². The van der Waals surface area contributed by atoms with Gasteiger partial charge in [-0.3, -0.25) is 14.3 Å². The molecule has 0 amide bonds. The molecule has 2 heterocycles. The highest BCUT2D eigenvalue weighted by Gasteiger charge is 2.45. The average molecular weight is 855 g/mol. The number of nitrogens with zero attached hydrogens (tertiary/aromatic N) is 2. The van der Waals surface area contributed by atoms with Crippen LogP contribution in [0.2, 0.25) is 0 Å². The van der Waals surface area contributed by atoms with Gasteiger partial charge >= 0.3 is 5.69 Å². The van der Waals surface area contributed by atoms with Gasteiger partial charge in [-0.2, -0.15) is 0 Å². The van der Waals surface area contributed by atoms with Crippen molar-refractivity contribution in [3.63, 3.8) is 0 Å². The van der Waals surface area contributed by atoms with Gasteiger partial charge in [-0.25, -0.2) is 9.46 Å². The number of H-pyrrole nitrogens is 1. The van der Waals surface area contributed by atoms with Crippen molar-refractivity contribution in [2.75, 3.05) is 34.0 Å². The van der Waals surface area contributed by atoms with Gasteiger partial charge in [0.25, 0.3) is 14.1 Å². The van der Waals surface area contributed by atoms with Crippen LogP contribution < -0.4 is 26.0 Å². The standard InChI is InChI=1S/C46H55N4O8PS/c1-31(2)50(32(3)4)59(56-27-26-47-44(60)34-14-10-8-11-15-34)58-40-28-42(49-29-33(5)43(51)48-45(49)52)57-41(40)30-55-46(35-16-12-9-13-17-35,36-18-22-38(53-6)23-19-36)37-20-24-39(54-7)25-21-37/h8-25,29,31-32,40-42H,26-28,30H2,1-7H3,(H,47,60)(H,48,51,52)/t40-,41+,42+,59?/m0/s1. The molecule has 4 aromatic carbocycles. The molecular weight excluding hydrogens is 800 g/mol. The summed E-state index contributed by atoms with van der Waals surface area (Å²) in [6, 6.07) is 35.6. The van der Waals surface area contributed by atoms with Gasteiger partial charge in [0.05, 0.1) is 33.5 Å². The number of hydrogen-bond donors (Lipinski definition) is 2. The van der Waals surface area contributed by atoms with Crippen molar-refractivity contribution < 1.29 is 28.0 Å². The van der Waals surface area contributed by atoms with Crippen molar-refractivity contribution in [1.82, 2.24) is 19.5 Å². The van der Waals surface area contributed by atoms with Crippen LogP contribution in [0.4, 0.5) is 0 Å². The Bertz CT molecular complexity index is 2200. The fourth-order valence-corrected chi connectivity index (χ4v) is 9.43. The number of thiocarbonyl (C=S) groups is 1. The molecule has 0 bridgehead atoms. The predicted molar refractivity (Wildman–Crippen MR) is 239 cm³/mol. The summed E-state index contributed by atoms with van der Waals surface area (Å²) in [4.78, 5) is 28.8. The molecule has 1 aromatic heterocycles. The first-order valence-corrected chi connectivity index (χ1v) is 21.7. The third-order valence-electron chi connectivity index (χ3n) is 10.4. The van der Waals surface area contributed by atoms with Crippen molar-refractivity contribution in [3.8, 4) is 11.5 Å². The molecule has 0 spiro atoms. The second kappa shape index (κ2) is 20.7. The van der Waals surface area contributed by atoms with Crippen molar-refractivity contribution in [2.45, 2.75) is 77.2 Å². The first kappa shape index (κ1) is 44.8. The minimum absolute atomic E-state index is 0.0463. The smallest absolute Gasteiger partial charge is 0.330 e. The molecule has 6 rings (SSSR count). The second-order valence-corrected chi connectivity index (χ2v) is 16.9. The molecule has 318 valence electrons. The lowest BCUT2D eigenvalue weighted by Crippen LogP contribution is -2.40. The summed E-state index contributed by atoms with van der Waals surface area (Å²) in [6.07, 6.45) is -0.241. The predicted octanol–water partition coefficient (Wildman–Crippen LogP) is 7.87. The van der Waals surface area contributed by atoms with E-state index in [1.54, 1.807) is 21.1 Å². The van der Waals surface area contributed by atoms with Crippen LogP contribution in [0.25, 0.3) is 0 Å².